The molecule has 0 unspecified atom stereocenters. The SMILES string of the molecule is CNCc1ccc(-c2cnn(C)c2C)cc1F. The van der Waals surface area contributed by atoms with Crippen molar-refractivity contribution in [3.63, 3.8) is 0 Å². The molecule has 0 aliphatic carbocycles. The van der Waals surface area contributed by atoms with Crippen molar-refractivity contribution in [1.82, 2.24) is 15.1 Å². The summed E-state index contributed by atoms with van der Waals surface area (Å²) in [5, 5.41) is 7.11. The van der Waals surface area contributed by atoms with Gasteiger partial charge in [-0.1, -0.05) is 12.1 Å². The molecule has 1 heterocycles. The number of aromatic nitrogens is 2. The van der Waals surface area contributed by atoms with Gasteiger partial charge in [0.25, 0.3) is 0 Å². The maximum atomic E-state index is 13.8. The summed E-state index contributed by atoms with van der Waals surface area (Å²) >= 11 is 0. The van der Waals surface area contributed by atoms with Crippen LogP contribution in [-0.2, 0) is 13.6 Å². The first kappa shape index (κ1) is 11.8. The molecular formula is C13H16FN3. The summed E-state index contributed by atoms with van der Waals surface area (Å²) in [5.41, 5.74) is 3.55. The number of hydrogen-bond acceptors (Lipinski definition) is 2. The van der Waals surface area contributed by atoms with Gasteiger partial charge in [-0.15, -0.1) is 0 Å². The van der Waals surface area contributed by atoms with Crippen LogP contribution in [0.25, 0.3) is 11.1 Å². The highest BCUT2D eigenvalue weighted by molar-refractivity contribution is 5.65. The Morgan fingerprint density at radius 2 is 2.18 bits per heavy atom. The third-order valence-electron chi connectivity index (χ3n) is 2.97. The van der Waals surface area contributed by atoms with Crippen LogP contribution in [0.3, 0.4) is 0 Å². The van der Waals surface area contributed by atoms with Gasteiger partial charge in [-0.3, -0.25) is 4.68 Å². The van der Waals surface area contributed by atoms with E-state index in [1.165, 1.54) is 0 Å². The van der Waals surface area contributed by atoms with E-state index in [2.05, 4.69) is 10.4 Å². The number of rotatable bonds is 3. The fourth-order valence-electron chi connectivity index (χ4n) is 1.83. The number of hydrogen-bond donors (Lipinski definition) is 1. The first-order chi connectivity index (χ1) is 8.13. The predicted octanol–water partition coefficient (Wildman–Crippen LogP) is 2.25. The van der Waals surface area contributed by atoms with Gasteiger partial charge in [0.1, 0.15) is 5.82 Å². The molecule has 17 heavy (non-hydrogen) atoms. The molecule has 1 aromatic carbocycles. The van der Waals surface area contributed by atoms with Crippen LogP contribution in [0.4, 0.5) is 4.39 Å². The molecule has 3 nitrogen and oxygen atoms in total. The van der Waals surface area contributed by atoms with Crippen molar-refractivity contribution in [3.8, 4) is 11.1 Å². The number of benzene rings is 1. The van der Waals surface area contributed by atoms with Gasteiger partial charge in [-0.25, -0.2) is 4.39 Å². The maximum Gasteiger partial charge on any atom is 0.128 e. The minimum Gasteiger partial charge on any atom is -0.316 e. The number of aryl methyl sites for hydroxylation is 1. The zero-order valence-electron chi connectivity index (χ0n) is 10.3. The van der Waals surface area contributed by atoms with Gasteiger partial charge in [0.15, 0.2) is 0 Å². The zero-order valence-corrected chi connectivity index (χ0v) is 10.3. The molecule has 0 aliphatic rings. The van der Waals surface area contributed by atoms with Crippen LogP contribution in [0, 0.1) is 12.7 Å². The minimum atomic E-state index is -0.180. The van der Waals surface area contributed by atoms with Gasteiger partial charge in [-0.05, 0) is 25.6 Å². The highest BCUT2D eigenvalue weighted by Gasteiger charge is 2.09. The lowest BCUT2D eigenvalue weighted by Gasteiger charge is -2.05. The van der Waals surface area contributed by atoms with Crippen molar-refractivity contribution in [1.29, 1.82) is 0 Å². The highest BCUT2D eigenvalue weighted by atomic mass is 19.1. The molecule has 0 fully saturated rings. The third kappa shape index (κ3) is 2.22. The summed E-state index contributed by atoms with van der Waals surface area (Å²) in [6.07, 6.45) is 1.77. The van der Waals surface area contributed by atoms with E-state index in [1.54, 1.807) is 24.0 Å². The van der Waals surface area contributed by atoms with Crippen LogP contribution >= 0.6 is 0 Å². The fraction of sp³-hybridized carbons (Fsp3) is 0.308. The van der Waals surface area contributed by atoms with Crippen LogP contribution in [-0.4, -0.2) is 16.8 Å². The Hall–Kier alpha value is -1.68. The molecule has 2 aromatic rings. The van der Waals surface area contributed by atoms with Crippen molar-refractivity contribution in [3.05, 3.63) is 41.5 Å². The Balaban J connectivity index is 2.41. The molecule has 0 saturated carbocycles. The van der Waals surface area contributed by atoms with E-state index >= 15 is 0 Å². The minimum absolute atomic E-state index is 0.180. The lowest BCUT2D eigenvalue weighted by molar-refractivity contribution is 0.601. The molecule has 0 bridgehead atoms. The van der Waals surface area contributed by atoms with E-state index in [4.69, 9.17) is 0 Å². The molecule has 0 atom stereocenters. The standard InChI is InChI=1S/C13H16FN3/c1-9-12(8-16-17(9)3)10-4-5-11(7-15-2)13(14)6-10/h4-6,8,15H,7H2,1-3H3. The largest absolute Gasteiger partial charge is 0.316 e. The molecule has 0 saturated heterocycles. The fourth-order valence-corrected chi connectivity index (χ4v) is 1.83. The Bertz CT molecular complexity index is 531. The van der Waals surface area contributed by atoms with E-state index < -0.39 is 0 Å². The molecule has 0 amide bonds. The van der Waals surface area contributed by atoms with Crippen LogP contribution in [0.1, 0.15) is 11.3 Å². The van der Waals surface area contributed by atoms with Gasteiger partial charge in [0, 0.05) is 30.4 Å². The molecule has 1 N–H and O–H groups in total. The van der Waals surface area contributed by atoms with E-state index in [-0.39, 0.29) is 5.82 Å². The van der Waals surface area contributed by atoms with E-state index in [1.807, 2.05) is 26.1 Å². The van der Waals surface area contributed by atoms with Crippen molar-refractivity contribution in [2.45, 2.75) is 13.5 Å². The molecule has 2 rings (SSSR count). The van der Waals surface area contributed by atoms with Gasteiger partial charge < -0.3 is 5.32 Å². The Kier molecular flexibility index (Phi) is 3.24. The number of nitrogens with one attached hydrogen (secondary N) is 1. The first-order valence-electron chi connectivity index (χ1n) is 5.55. The quantitative estimate of drug-likeness (QED) is 0.881. The molecule has 1 aromatic heterocycles. The van der Waals surface area contributed by atoms with Crippen LogP contribution in [0.5, 0.6) is 0 Å². The molecule has 90 valence electrons. The Morgan fingerprint density at radius 1 is 1.41 bits per heavy atom. The second-order valence-corrected chi connectivity index (χ2v) is 4.10. The van der Waals surface area contributed by atoms with Crippen molar-refractivity contribution in [2.75, 3.05) is 7.05 Å². The zero-order chi connectivity index (χ0) is 12.4. The topological polar surface area (TPSA) is 29.9 Å². The average Bonchev–Trinajstić information content (AvgIpc) is 2.63. The maximum absolute atomic E-state index is 13.8. The van der Waals surface area contributed by atoms with Crippen molar-refractivity contribution < 1.29 is 4.39 Å². The Morgan fingerprint density at radius 3 is 2.71 bits per heavy atom. The Labute approximate surface area is 100 Å². The number of nitrogens with zero attached hydrogens (tertiary/aromatic N) is 2. The summed E-state index contributed by atoms with van der Waals surface area (Å²) in [4.78, 5) is 0. The predicted molar refractivity (Wildman–Crippen MR) is 66.1 cm³/mol. The van der Waals surface area contributed by atoms with Crippen molar-refractivity contribution >= 4 is 0 Å². The average molecular weight is 233 g/mol. The second-order valence-electron chi connectivity index (χ2n) is 4.10. The lowest BCUT2D eigenvalue weighted by atomic mass is 10.0. The van der Waals surface area contributed by atoms with Gasteiger partial charge in [-0.2, -0.15) is 5.10 Å². The summed E-state index contributed by atoms with van der Waals surface area (Å²) in [6.45, 7) is 2.51. The van der Waals surface area contributed by atoms with Crippen LogP contribution in [0.15, 0.2) is 24.4 Å². The molecule has 0 aliphatic heterocycles. The normalized spacial score (nSPS) is 10.8. The second kappa shape index (κ2) is 4.67. The van der Waals surface area contributed by atoms with Gasteiger partial charge in [0.05, 0.1) is 6.20 Å². The lowest BCUT2D eigenvalue weighted by Crippen LogP contribution is -2.06. The summed E-state index contributed by atoms with van der Waals surface area (Å²) in [7, 11) is 3.68. The van der Waals surface area contributed by atoms with E-state index in [0.717, 1.165) is 16.8 Å². The summed E-state index contributed by atoms with van der Waals surface area (Å²) in [5.74, 6) is -0.180. The van der Waals surface area contributed by atoms with E-state index in [9.17, 15) is 4.39 Å². The molecule has 0 radical (unpaired) electrons. The van der Waals surface area contributed by atoms with Gasteiger partial charge in [0.2, 0.25) is 0 Å². The third-order valence-corrected chi connectivity index (χ3v) is 2.97. The highest BCUT2D eigenvalue weighted by Crippen LogP contribution is 2.24. The van der Waals surface area contributed by atoms with Crippen molar-refractivity contribution in [2.24, 2.45) is 7.05 Å². The molecular weight excluding hydrogens is 217 g/mol. The van der Waals surface area contributed by atoms with E-state index in [0.29, 0.717) is 12.1 Å². The monoisotopic (exact) mass is 233 g/mol. The summed E-state index contributed by atoms with van der Waals surface area (Å²) in [6, 6.07) is 5.31. The smallest absolute Gasteiger partial charge is 0.128 e. The van der Waals surface area contributed by atoms with Gasteiger partial charge >= 0.3 is 0 Å². The molecule has 0 spiro atoms. The molecule has 4 heteroatoms. The van der Waals surface area contributed by atoms with Crippen LogP contribution < -0.4 is 5.32 Å². The summed E-state index contributed by atoms with van der Waals surface area (Å²) < 4.78 is 15.6. The first-order valence-corrected chi connectivity index (χ1v) is 5.55. The van der Waals surface area contributed by atoms with Crippen LogP contribution in [0.2, 0.25) is 0 Å². The number of halogens is 1.